The van der Waals surface area contributed by atoms with Crippen molar-refractivity contribution in [1.29, 1.82) is 0 Å². The van der Waals surface area contributed by atoms with E-state index in [1.807, 2.05) is 31.3 Å². The normalized spacial score (nSPS) is 23.9. The second kappa shape index (κ2) is 5.40. The molecule has 1 aromatic carbocycles. The number of likely N-dealkylation sites (N-methyl/N-ethyl adjacent to an activating group) is 1. The lowest BCUT2D eigenvalue weighted by molar-refractivity contribution is -0.145. The van der Waals surface area contributed by atoms with E-state index in [0.717, 1.165) is 24.4 Å². The highest BCUT2D eigenvalue weighted by Crippen LogP contribution is 2.33. The molecule has 0 bridgehead atoms. The summed E-state index contributed by atoms with van der Waals surface area (Å²) in [7, 11) is 5.13. The molecule has 0 unspecified atom stereocenters. The quantitative estimate of drug-likeness (QED) is 0.761. The van der Waals surface area contributed by atoms with Crippen LogP contribution in [0.1, 0.15) is 11.5 Å². The number of hydrogen-bond donors (Lipinski definition) is 0. The molecule has 18 heavy (non-hydrogen) atoms. The van der Waals surface area contributed by atoms with Gasteiger partial charge in [0.15, 0.2) is 0 Å². The highest BCUT2D eigenvalue weighted by atomic mass is 16.5. The van der Waals surface area contributed by atoms with Gasteiger partial charge in [0.2, 0.25) is 0 Å². The van der Waals surface area contributed by atoms with E-state index in [-0.39, 0.29) is 17.8 Å². The summed E-state index contributed by atoms with van der Waals surface area (Å²) in [5, 5.41) is 0. The SMILES string of the molecule is COC(=O)[C@H]1CN(C)C[C@@H]1c1ccc(OC)cc1. The number of hydrogen-bond acceptors (Lipinski definition) is 4. The minimum atomic E-state index is -0.125. The van der Waals surface area contributed by atoms with Crippen LogP contribution in [-0.2, 0) is 9.53 Å². The molecular formula is C14H19NO3. The van der Waals surface area contributed by atoms with Crippen molar-refractivity contribution in [2.75, 3.05) is 34.4 Å². The third-order valence-electron chi connectivity index (χ3n) is 3.55. The van der Waals surface area contributed by atoms with Gasteiger partial charge >= 0.3 is 5.97 Å². The Morgan fingerprint density at radius 2 is 1.89 bits per heavy atom. The van der Waals surface area contributed by atoms with Crippen LogP contribution in [0, 0.1) is 5.92 Å². The van der Waals surface area contributed by atoms with Crippen LogP contribution in [0.5, 0.6) is 5.75 Å². The van der Waals surface area contributed by atoms with Gasteiger partial charge in [-0.25, -0.2) is 0 Å². The van der Waals surface area contributed by atoms with Gasteiger partial charge in [0, 0.05) is 19.0 Å². The van der Waals surface area contributed by atoms with E-state index in [9.17, 15) is 4.79 Å². The number of nitrogens with zero attached hydrogens (tertiary/aromatic N) is 1. The van der Waals surface area contributed by atoms with Gasteiger partial charge in [-0.05, 0) is 24.7 Å². The molecule has 1 fully saturated rings. The molecule has 0 spiro atoms. The second-order valence-corrected chi connectivity index (χ2v) is 4.73. The Kier molecular flexibility index (Phi) is 3.87. The first-order valence-corrected chi connectivity index (χ1v) is 6.06. The van der Waals surface area contributed by atoms with E-state index in [1.54, 1.807) is 7.11 Å². The van der Waals surface area contributed by atoms with Gasteiger partial charge in [0.05, 0.1) is 20.1 Å². The molecule has 0 aromatic heterocycles. The first-order chi connectivity index (χ1) is 8.65. The van der Waals surface area contributed by atoms with Crippen molar-refractivity contribution in [2.45, 2.75) is 5.92 Å². The van der Waals surface area contributed by atoms with Crippen LogP contribution in [-0.4, -0.2) is 45.2 Å². The summed E-state index contributed by atoms with van der Waals surface area (Å²) in [5.74, 6) is 0.835. The van der Waals surface area contributed by atoms with Crippen LogP contribution in [0.15, 0.2) is 24.3 Å². The number of rotatable bonds is 3. The molecule has 0 N–H and O–H groups in total. The zero-order valence-electron chi connectivity index (χ0n) is 11.1. The molecule has 4 heteroatoms. The van der Waals surface area contributed by atoms with Gasteiger partial charge in [-0.3, -0.25) is 4.79 Å². The summed E-state index contributed by atoms with van der Waals surface area (Å²) in [6.45, 7) is 1.63. The fourth-order valence-electron chi connectivity index (χ4n) is 2.58. The van der Waals surface area contributed by atoms with Crippen LogP contribution in [0.2, 0.25) is 0 Å². The van der Waals surface area contributed by atoms with E-state index < -0.39 is 0 Å². The van der Waals surface area contributed by atoms with Crippen molar-refractivity contribution in [1.82, 2.24) is 4.90 Å². The lowest BCUT2D eigenvalue weighted by Gasteiger charge is -2.16. The predicted molar refractivity (Wildman–Crippen MR) is 68.7 cm³/mol. The highest BCUT2D eigenvalue weighted by Gasteiger charge is 2.37. The highest BCUT2D eigenvalue weighted by molar-refractivity contribution is 5.74. The Labute approximate surface area is 107 Å². The number of benzene rings is 1. The summed E-state index contributed by atoms with van der Waals surface area (Å²) in [6.07, 6.45) is 0. The maximum absolute atomic E-state index is 11.8. The Hall–Kier alpha value is -1.55. The molecule has 98 valence electrons. The van der Waals surface area contributed by atoms with Gasteiger partial charge in [-0.15, -0.1) is 0 Å². The van der Waals surface area contributed by atoms with Crippen LogP contribution in [0.25, 0.3) is 0 Å². The summed E-state index contributed by atoms with van der Waals surface area (Å²) in [6, 6.07) is 7.92. The molecule has 0 saturated carbocycles. The fourth-order valence-corrected chi connectivity index (χ4v) is 2.58. The minimum absolute atomic E-state index is 0.0756. The van der Waals surface area contributed by atoms with Crippen molar-refractivity contribution in [2.24, 2.45) is 5.92 Å². The summed E-state index contributed by atoms with van der Waals surface area (Å²) < 4.78 is 10.0. The number of methoxy groups -OCH3 is 2. The monoisotopic (exact) mass is 249 g/mol. The summed E-state index contributed by atoms with van der Waals surface area (Å²) >= 11 is 0. The number of esters is 1. The van der Waals surface area contributed by atoms with Crippen LogP contribution >= 0.6 is 0 Å². The third-order valence-corrected chi connectivity index (χ3v) is 3.55. The number of likely N-dealkylation sites (tertiary alicyclic amines) is 1. The molecule has 1 heterocycles. The van der Waals surface area contributed by atoms with Crippen molar-refractivity contribution < 1.29 is 14.3 Å². The second-order valence-electron chi connectivity index (χ2n) is 4.73. The van der Waals surface area contributed by atoms with Crippen molar-refractivity contribution in [3.63, 3.8) is 0 Å². The van der Waals surface area contributed by atoms with Crippen molar-refractivity contribution >= 4 is 5.97 Å². The molecule has 1 aliphatic heterocycles. The molecule has 0 amide bonds. The van der Waals surface area contributed by atoms with E-state index in [0.29, 0.717) is 0 Å². The zero-order chi connectivity index (χ0) is 13.1. The van der Waals surface area contributed by atoms with Crippen molar-refractivity contribution in [3.05, 3.63) is 29.8 Å². The molecule has 0 aliphatic carbocycles. The average Bonchev–Trinajstić information content (AvgIpc) is 2.80. The van der Waals surface area contributed by atoms with Gasteiger partial charge in [-0.1, -0.05) is 12.1 Å². The first kappa shape index (κ1) is 12.9. The van der Waals surface area contributed by atoms with Crippen LogP contribution in [0.4, 0.5) is 0 Å². The fraction of sp³-hybridized carbons (Fsp3) is 0.500. The van der Waals surface area contributed by atoms with Crippen LogP contribution in [0.3, 0.4) is 0 Å². The largest absolute Gasteiger partial charge is 0.497 e. The van der Waals surface area contributed by atoms with Gasteiger partial charge in [0.1, 0.15) is 5.75 Å². The van der Waals surface area contributed by atoms with E-state index in [4.69, 9.17) is 9.47 Å². The van der Waals surface area contributed by atoms with E-state index >= 15 is 0 Å². The number of carbonyl (C=O) groups is 1. The average molecular weight is 249 g/mol. The number of carbonyl (C=O) groups excluding carboxylic acids is 1. The lowest BCUT2D eigenvalue weighted by atomic mass is 9.89. The molecular weight excluding hydrogens is 230 g/mol. The molecule has 0 radical (unpaired) electrons. The Bertz CT molecular complexity index is 416. The summed E-state index contributed by atoms with van der Waals surface area (Å²) in [4.78, 5) is 14.0. The predicted octanol–water partition coefficient (Wildman–Crippen LogP) is 1.51. The zero-order valence-corrected chi connectivity index (χ0v) is 11.1. The maximum Gasteiger partial charge on any atom is 0.310 e. The Morgan fingerprint density at radius 3 is 2.44 bits per heavy atom. The van der Waals surface area contributed by atoms with Crippen molar-refractivity contribution in [3.8, 4) is 5.75 Å². The Morgan fingerprint density at radius 1 is 1.22 bits per heavy atom. The van der Waals surface area contributed by atoms with Gasteiger partial charge in [-0.2, -0.15) is 0 Å². The minimum Gasteiger partial charge on any atom is -0.497 e. The smallest absolute Gasteiger partial charge is 0.310 e. The topological polar surface area (TPSA) is 38.8 Å². The first-order valence-electron chi connectivity index (χ1n) is 6.06. The molecule has 1 aliphatic rings. The molecule has 4 nitrogen and oxygen atoms in total. The van der Waals surface area contributed by atoms with Gasteiger partial charge < -0.3 is 14.4 Å². The number of ether oxygens (including phenoxy) is 2. The molecule has 1 saturated heterocycles. The molecule has 2 atom stereocenters. The summed E-state index contributed by atoms with van der Waals surface area (Å²) in [5.41, 5.74) is 1.16. The standard InChI is InChI=1S/C14H19NO3/c1-15-8-12(13(9-15)14(16)18-3)10-4-6-11(17-2)7-5-10/h4-7,12-13H,8-9H2,1-3H3/t12-,13+/m1/s1. The maximum atomic E-state index is 11.8. The molecule has 2 rings (SSSR count). The van der Waals surface area contributed by atoms with Gasteiger partial charge in [0.25, 0.3) is 0 Å². The lowest BCUT2D eigenvalue weighted by Crippen LogP contribution is -2.23. The van der Waals surface area contributed by atoms with E-state index in [2.05, 4.69) is 4.90 Å². The molecule has 1 aromatic rings. The van der Waals surface area contributed by atoms with E-state index in [1.165, 1.54) is 7.11 Å². The third kappa shape index (κ3) is 2.48. The van der Waals surface area contributed by atoms with Crippen LogP contribution < -0.4 is 4.74 Å². The Balaban J connectivity index is 2.21.